The zero-order valence-electron chi connectivity index (χ0n) is 24.2. The maximum Gasteiger partial charge on any atom is 0.341 e. The Morgan fingerprint density at radius 1 is 0.841 bits per heavy atom. The van der Waals surface area contributed by atoms with E-state index >= 15 is 0 Å². The van der Waals surface area contributed by atoms with E-state index in [9.17, 15) is 14.4 Å². The number of hydrogen-bond acceptors (Lipinski definition) is 6. The summed E-state index contributed by atoms with van der Waals surface area (Å²) < 4.78 is 5.10. The largest absolute Gasteiger partial charge is 0.465 e. The topological polar surface area (TPSA) is 84.5 Å². The van der Waals surface area contributed by atoms with Crippen molar-refractivity contribution in [2.45, 2.75) is 17.1 Å². The number of carbonyl (C=O) groups excluding carboxylic acids is 3. The molecule has 1 aromatic heterocycles. The summed E-state index contributed by atoms with van der Waals surface area (Å²) in [6, 6.07) is 34.2. The Kier molecular flexibility index (Phi) is 10.1. The minimum Gasteiger partial charge on any atom is -0.465 e. The highest BCUT2D eigenvalue weighted by Crippen LogP contribution is 2.40. The van der Waals surface area contributed by atoms with Gasteiger partial charge in [0, 0.05) is 27.6 Å². The van der Waals surface area contributed by atoms with Gasteiger partial charge in [-0.2, -0.15) is 0 Å². The molecule has 4 aromatic carbocycles. The average molecular weight is 619 g/mol. The lowest BCUT2D eigenvalue weighted by atomic mass is 10.0. The van der Waals surface area contributed by atoms with Crippen LogP contribution < -0.4 is 10.6 Å². The summed E-state index contributed by atoms with van der Waals surface area (Å²) in [7, 11) is 1.33. The molecule has 0 spiro atoms. The van der Waals surface area contributed by atoms with E-state index < -0.39 is 11.2 Å². The van der Waals surface area contributed by atoms with E-state index in [0.717, 1.165) is 27.1 Å². The zero-order valence-corrected chi connectivity index (χ0v) is 25.8. The molecule has 6 nitrogen and oxygen atoms in total. The van der Waals surface area contributed by atoms with Crippen molar-refractivity contribution < 1.29 is 19.1 Å². The molecule has 0 aliphatic heterocycles. The Labute approximate surface area is 264 Å². The second kappa shape index (κ2) is 14.5. The number of benzene rings is 4. The lowest BCUT2D eigenvalue weighted by molar-refractivity contribution is -0.116. The number of thioether (sulfide) groups is 1. The number of methoxy groups -OCH3 is 1. The summed E-state index contributed by atoms with van der Waals surface area (Å²) in [5.74, 6) is -1.07. The van der Waals surface area contributed by atoms with Gasteiger partial charge in [0.2, 0.25) is 11.8 Å². The number of thiophene rings is 1. The molecule has 1 unspecified atom stereocenters. The van der Waals surface area contributed by atoms with E-state index in [1.807, 2.05) is 115 Å². The van der Waals surface area contributed by atoms with Gasteiger partial charge in [-0.3, -0.25) is 9.59 Å². The molecule has 8 heteroatoms. The number of esters is 1. The third kappa shape index (κ3) is 7.72. The third-order valence-corrected chi connectivity index (χ3v) is 8.85. The van der Waals surface area contributed by atoms with Gasteiger partial charge < -0.3 is 15.4 Å². The van der Waals surface area contributed by atoms with Crippen LogP contribution in [0, 0.1) is 6.92 Å². The van der Waals surface area contributed by atoms with Crippen molar-refractivity contribution in [3.05, 3.63) is 143 Å². The van der Waals surface area contributed by atoms with Crippen LogP contribution in [-0.2, 0) is 14.3 Å². The number of amides is 2. The molecule has 5 rings (SSSR count). The van der Waals surface area contributed by atoms with Crippen LogP contribution in [0.1, 0.15) is 32.3 Å². The van der Waals surface area contributed by atoms with Gasteiger partial charge in [-0.05, 0) is 47.9 Å². The first-order valence-electron chi connectivity index (χ1n) is 13.8. The second-order valence-corrected chi connectivity index (χ2v) is 11.9. The molecule has 0 saturated carbocycles. The number of hydrogen-bond donors (Lipinski definition) is 2. The van der Waals surface area contributed by atoms with Crippen molar-refractivity contribution in [1.82, 2.24) is 0 Å². The summed E-state index contributed by atoms with van der Waals surface area (Å²) in [4.78, 5) is 40.2. The van der Waals surface area contributed by atoms with Crippen molar-refractivity contribution in [2.24, 2.45) is 0 Å². The van der Waals surface area contributed by atoms with Gasteiger partial charge in [0.1, 0.15) is 15.8 Å². The molecular formula is C36H30N2O4S2. The molecule has 1 atom stereocenters. The van der Waals surface area contributed by atoms with E-state index in [0.29, 0.717) is 21.8 Å². The molecule has 0 bridgehead atoms. The summed E-state index contributed by atoms with van der Waals surface area (Å²) in [6.07, 6.45) is 3.24. The smallest absolute Gasteiger partial charge is 0.341 e. The van der Waals surface area contributed by atoms with Crippen molar-refractivity contribution in [1.29, 1.82) is 0 Å². The van der Waals surface area contributed by atoms with E-state index in [4.69, 9.17) is 4.74 Å². The van der Waals surface area contributed by atoms with Crippen molar-refractivity contribution in [3.63, 3.8) is 0 Å². The third-order valence-electron chi connectivity index (χ3n) is 6.70. The van der Waals surface area contributed by atoms with E-state index in [2.05, 4.69) is 10.6 Å². The first-order chi connectivity index (χ1) is 21.4. The number of aryl methyl sites for hydroxylation is 1. The Morgan fingerprint density at radius 3 is 2.25 bits per heavy atom. The Morgan fingerprint density at radius 2 is 1.55 bits per heavy atom. The number of anilines is 2. The standard InChI is InChI=1S/C36H30N2O4S2/c1-24-16-19-26(20-17-24)30-23-43-35(32(30)36(41)42-2)38-34(40)33(27-12-7-4-8-13-27)44-29-15-9-14-28(22-29)37-31(39)21-18-25-10-5-3-6-11-25/h3-23,33H,1-2H3,(H,37,39)(H,38,40)/b21-18+. The fraction of sp³-hybridized carbons (Fsp3) is 0.0833. The first kappa shape index (κ1) is 30.5. The van der Waals surface area contributed by atoms with Gasteiger partial charge in [0.05, 0.1) is 7.11 Å². The van der Waals surface area contributed by atoms with Crippen LogP contribution in [0.25, 0.3) is 17.2 Å². The minimum atomic E-state index is -0.643. The molecule has 1 heterocycles. The quantitative estimate of drug-likeness (QED) is 0.0930. The normalized spacial score (nSPS) is 11.6. The van der Waals surface area contributed by atoms with Crippen LogP contribution >= 0.6 is 23.1 Å². The molecule has 0 saturated heterocycles. The molecule has 44 heavy (non-hydrogen) atoms. The van der Waals surface area contributed by atoms with Crippen LogP contribution in [-0.4, -0.2) is 24.9 Å². The van der Waals surface area contributed by atoms with E-state index in [-0.39, 0.29) is 11.8 Å². The van der Waals surface area contributed by atoms with E-state index in [1.54, 1.807) is 12.1 Å². The highest BCUT2D eigenvalue weighted by Gasteiger charge is 2.27. The molecule has 0 aliphatic rings. The highest BCUT2D eigenvalue weighted by atomic mass is 32.2. The van der Waals surface area contributed by atoms with Crippen LogP contribution in [0.5, 0.6) is 0 Å². The first-order valence-corrected chi connectivity index (χ1v) is 15.6. The Hall–Kier alpha value is -4.92. The molecule has 0 aliphatic carbocycles. The molecule has 2 N–H and O–H groups in total. The van der Waals surface area contributed by atoms with Gasteiger partial charge >= 0.3 is 5.97 Å². The monoisotopic (exact) mass is 618 g/mol. The predicted octanol–water partition coefficient (Wildman–Crippen LogP) is 8.63. The van der Waals surface area contributed by atoms with E-state index in [1.165, 1.54) is 36.3 Å². The van der Waals surface area contributed by atoms with Crippen molar-refractivity contribution >= 4 is 57.6 Å². The summed E-state index contributed by atoms with van der Waals surface area (Å²) in [5.41, 5.74) is 5.32. The number of ether oxygens (including phenoxy) is 1. The van der Waals surface area contributed by atoms with Gasteiger partial charge in [0.25, 0.3) is 0 Å². The second-order valence-electron chi connectivity index (χ2n) is 9.87. The minimum absolute atomic E-state index is 0.259. The van der Waals surface area contributed by atoms with Crippen molar-refractivity contribution in [3.8, 4) is 11.1 Å². The fourth-order valence-corrected chi connectivity index (χ4v) is 6.53. The van der Waals surface area contributed by atoms with Gasteiger partial charge in [-0.1, -0.05) is 96.6 Å². The van der Waals surface area contributed by atoms with Crippen LogP contribution in [0.4, 0.5) is 10.7 Å². The maximum absolute atomic E-state index is 13.9. The Bertz CT molecular complexity index is 1780. The van der Waals surface area contributed by atoms with Crippen LogP contribution in [0.3, 0.4) is 0 Å². The molecule has 0 radical (unpaired) electrons. The zero-order chi connectivity index (χ0) is 30.9. The number of carbonyl (C=O) groups is 3. The lowest BCUT2D eigenvalue weighted by Gasteiger charge is -2.18. The lowest BCUT2D eigenvalue weighted by Crippen LogP contribution is -2.20. The van der Waals surface area contributed by atoms with Crippen LogP contribution in [0.15, 0.2) is 126 Å². The average Bonchev–Trinajstić information content (AvgIpc) is 3.47. The highest BCUT2D eigenvalue weighted by molar-refractivity contribution is 8.00. The predicted molar refractivity (Wildman–Crippen MR) is 180 cm³/mol. The summed E-state index contributed by atoms with van der Waals surface area (Å²) in [5, 5.41) is 7.53. The molecule has 0 fully saturated rings. The fourth-order valence-electron chi connectivity index (χ4n) is 4.48. The summed E-state index contributed by atoms with van der Waals surface area (Å²) in [6.45, 7) is 2.00. The van der Waals surface area contributed by atoms with Crippen molar-refractivity contribution in [2.75, 3.05) is 17.7 Å². The summed E-state index contributed by atoms with van der Waals surface area (Å²) >= 11 is 2.63. The van der Waals surface area contributed by atoms with Gasteiger partial charge in [-0.15, -0.1) is 23.1 Å². The SMILES string of the molecule is COC(=O)c1c(-c2ccc(C)cc2)csc1NC(=O)C(Sc1cccc(NC(=O)/C=C/c2ccccc2)c1)c1ccccc1. The number of rotatable bonds is 10. The van der Waals surface area contributed by atoms with Gasteiger partial charge in [-0.25, -0.2) is 4.79 Å². The molecule has 5 aromatic rings. The van der Waals surface area contributed by atoms with Gasteiger partial charge in [0.15, 0.2) is 0 Å². The molecule has 2 amide bonds. The number of nitrogens with one attached hydrogen (secondary N) is 2. The van der Waals surface area contributed by atoms with Crippen LogP contribution in [0.2, 0.25) is 0 Å². The molecule has 220 valence electrons. The molecular weight excluding hydrogens is 589 g/mol. The Balaban J connectivity index is 1.38. The maximum atomic E-state index is 13.9.